The third kappa shape index (κ3) is 5.34. The maximum atomic E-state index is 15.0. The van der Waals surface area contributed by atoms with Gasteiger partial charge < -0.3 is 19.4 Å². The summed E-state index contributed by atoms with van der Waals surface area (Å²) in [5, 5.41) is 2.85. The fourth-order valence-corrected chi connectivity index (χ4v) is 6.11. The van der Waals surface area contributed by atoms with E-state index >= 15 is 0 Å². The molecule has 41 heavy (non-hydrogen) atoms. The van der Waals surface area contributed by atoms with Crippen LogP contribution in [-0.2, 0) is 20.2 Å². The third-order valence-electron chi connectivity index (χ3n) is 8.08. The molecule has 0 radical (unpaired) electrons. The lowest BCUT2D eigenvalue weighted by molar-refractivity contribution is -0.142. The molecule has 1 aliphatic carbocycles. The molecule has 9 nitrogen and oxygen atoms in total. The molecule has 3 aromatic rings. The van der Waals surface area contributed by atoms with E-state index in [0.29, 0.717) is 48.3 Å². The second-order valence-electron chi connectivity index (χ2n) is 12.5. The average Bonchev–Trinajstić information content (AvgIpc) is 3.45. The first-order chi connectivity index (χ1) is 19.4. The summed E-state index contributed by atoms with van der Waals surface area (Å²) in [6.07, 6.45) is 3.98. The van der Waals surface area contributed by atoms with E-state index in [4.69, 9.17) is 14.5 Å². The quantitative estimate of drug-likeness (QED) is 0.264. The molecule has 4 heterocycles. The van der Waals surface area contributed by atoms with E-state index in [9.17, 15) is 18.4 Å². The Morgan fingerprint density at radius 3 is 2.66 bits per heavy atom. The number of nitrogens with one attached hydrogen (secondary N) is 1. The summed E-state index contributed by atoms with van der Waals surface area (Å²) in [6, 6.07) is 7.42. The Balaban J connectivity index is 1.34. The highest BCUT2D eigenvalue weighted by molar-refractivity contribution is 6.76. The van der Waals surface area contributed by atoms with E-state index in [-0.39, 0.29) is 35.9 Å². The average molecular weight is 584 g/mol. The van der Waals surface area contributed by atoms with Crippen LogP contribution in [0.3, 0.4) is 0 Å². The highest BCUT2D eigenvalue weighted by Crippen LogP contribution is 2.46. The topological polar surface area (TPSA) is 98.6 Å². The molecule has 0 unspecified atom stereocenters. The van der Waals surface area contributed by atoms with E-state index in [1.807, 2.05) is 13.0 Å². The Morgan fingerprint density at radius 2 is 1.98 bits per heavy atom. The minimum Gasteiger partial charge on any atom is -0.473 e. The number of ether oxygens (including phenoxy) is 2. The molecule has 0 bridgehead atoms. The zero-order chi connectivity index (χ0) is 29.1. The van der Waals surface area contributed by atoms with E-state index in [2.05, 4.69) is 34.5 Å². The van der Waals surface area contributed by atoms with Crippen molar-refractivity contribution in [3.05, 3.63) is 36.2 Å². The van der Waals surface area contributed by atoms with Gasteiger partial charge in [0.15, 0.2) is 0 Å². The van der Waals surface area contributed by atoms with Crippen molar-refractivity contribution in [1.29, 1.82) is 0 Å². The van der Waals surface area contributed by atoms with E-state index in [0.717, 1.165) is 29.3 Å². The third-order valence-corrected chi connectivity index (χ3v) is 9.79. The van der Waals surface area contributed by atoms with Crippen molar-refractivity contribution >= 4 is 36.6 Å². The van der Waals surface area contributed by atoms with Gasteiger partial charge in [0, 0.05) is 45.2 Å². The van der Waals surface area contributed by atoms with Crippen LogP contribution in [0.4, 0.5) is 14.5 Å². The number of fused-ring (bicyclic) bond motifs is 2. The van der Waals surface area contributed by atoms with Crippen LogP contribution >= 0.6 is 0 Å². The number of hydrogen-bond donors (Lipinski definition) is 1. The minimum atomic E-state index is -3.63. The van der Waals surface area contributed by atoms with Gasteiger partial charge >= 0.3 is 11.8 Å². The van der Waals surface area contributed by atoms with Crippen LogP contribution in [0.2, 0.25) is 25.7 Å². The second kappa shape index (κ2) is 10.2. The van der Waals surface area contributed by atoms with Gasteiger partial charge in [-0.25, -0.2) is 9.97 Å². The van der Waals surface area contributed by atoms with Crippen LogP contribution in [-0.4, -0.2) is 60.4 Å². The molecule has 1 saturated carbocycles. The number of carbonyl (C=O) groups is 2. The molecule has 12 heteroatoms. The molecule has 2 atom stereocenters. The first-order valence-electron chi connectivity index (χ1n) is 14.2. The first kappa shape index (κ1) is 27.8. The van der Waals surface area contributed by atoms with Crippen molar-refractivity contribution in [2.45, 2.75) is 69.9 Å². The summed E-state index contributed by atoms with van der Waals surface area (Å²) < 4.78 is 44.1. The summed E-state index contributed by atoms with van der Waals surface area (Å²) in [5.41, 5.74) is 2.27. The number of rotatable bonds is 10. The number of benzene rings is 1. The predicted molar refractivity (Wildman–Crippen MR) is 153 cm³/mol. The second-order valence-corrected chi connectivity index (χ2v) is 18.2. The largest absolute Gasteiger partial charge is 0.473 e. The van der Waals surface area contributed by atoms with Gasteiger partial charge in [-0.15, -0.1) is 0 Å². The standard InChI is InChI=1S/C29H35F2N5O4Si/c1-17(19-12-25(37)32-14-19)40-27-26-23(33-15-35(26)20-6-7-20)13-22(34-27)18-5-8-21-24(11-18)36(28(38)29(21,30)31)16-39-9-10-41(2,3)4/h5,8,11,13,15,17,19-20H,6-7,9-10,12,14,16H2,1-4H3,(H,32,37)/t17-,19-/m1/s1. The van der Waals surface area contributed by atoms with E-state index < -0.39 is 19.9 Å². The smallest absolute Gasteiger partial charge is 0.352 e. The number of aromatic nitrogens is 3. The molecule has 0 spiro atoms. The molecule has 1 saturated heterocycles. The lowest BCUT2D eigenvalue weighted by Gasteiger charge is -2.21. The molecule has 1 N–H and O–H groups in total. The van der Waals surface area contributed by atoms with Gasteiger partial charge in [0.1, 0.15) is 18.4 Å². The van der Waals surface area contributed by atoms with Crippen molar-refractivity contribution in [2.75, 3.05) is 24.8 Å². The zero-order valence-corrected chi connectivity index (χ0v) is 24.7. The van der Waals surface area contributed by atoms with Crippen LogP contribution < -0.4 is 15.0 Å². The fraction of sp³-hybridized carbons (Fsp3) is 0.517. The van der Waals surface area contributed by atoms with Crippen LogP contribution in [0.25, 0.3) is 22.3 Å². The molecule has 3 aliphatic rings. The molecule has 6 rings (SSSR count). The molecule has 218 valence electrons. The zero-order valence-electron chi connectivity index (χ0n) is 23.7. The van der Waals surface area contributed by atoms with E-state index in [1.165, 1.54) is 6.07 Å². The Hall–Kier alpha value is -3.38. The summed E-state index contributed by atoms with van der Waals surface area (Å²) in [6.45, 7) is 9.23. The van der Waals surface area contributed by atoms with Crippen molar-refractivity contribution in [3.63, 3.8) is 0 Å². The number of imidazole rings is 1. The Labute approximate surface area is 238 Å². The van der Waals surface area contributed by atoms with Gasteiger partial charge in [0.05, 0.1) is 28.8 Å². The van der Waals surface area contributed by atoms with E-state index in [1.54, 1.807) is 18.5 Å². The number of anilines is 1. The first-order valence-corrected chi connectivity index (χ1v) is 17.9. The Kier molecular flexibility index (Phi) is 6.88. The molecule has 2 amide bonds. The summed E-state index contributed by atoms with van der Waals surface area (Å²) >= 11 is 0. The van der Waals surface area contributed by atoms with Gasteiger partial charge in [0.2, 0.25) is 11.8 Å². The summed E-state index contributed by atoms with van der Waals surface area (Å²) in [5.74, 6) is -4.53. The van der Waals surface area contributed by atoms with Gasteiger partial charge in [-0.2, -0.15) is 8.78 Å². The summed E-state index contributed by atoms with van der Waals surface area (Å²) in [4.78, 5) is 35.0. The maximum absolute atomic E-state index is 15.0. The number of pyridine rings is 1. The van der Waals surface area contributed by atoms with Gasteiger partial charge in [0.25, 0.3) is 0 Å². The van der Waals surface area contributed by atoms with Gasteiger partial charge in [-0.05, 0) is 44.0 Å². The fourth-order valence-electron chi connectivity index (χ4n) is 5.35. The van der Waals surface area contributed by atoms with Gasteiger partial charge in [-0.1, -0.05) is 25.7 Å². The van der Waals surface area contributed by atoms with Gasteiger partial charge in [-0.3, -0.25) is 14.5 Å². The number of halogens is 2. The van der Waals surface area contributed by atoms with Crippen molar-refractivity contribution in [3.8, 4) is 17.1 Å². The highest BCUT2D eigenvalue weighted by Gasteiger charge is 2.53. The Morgan fingerprint density at radius 1 is 1.20 bits per heavy atom. The van der Waals surface area contributed by atoms with Crippen LogP contribution in [0.5, 0.6) is 5.88 Å². The number of alkyl halides is 2. The number of hydrogen-bond acceptors (Lipinski definition) is 6. The Bertz CT molecular complexity index is 1520. The molecular formula is C29H35F2N5O4Si. The van der Waals surface area contributed by atoms with Crippen LogP contribution in [0.15, 0.2) is 30.6 Å². The normalized spacial score (nSPS) is 20.9. The van der Waals surface area contributed by atoms with Crippen molar-refractivity contribution in [1.82, 2.24) is 19.9 Å². The SMILES string of the molecule is C[C@@H](Oc1nc(-c2ccc3c(c2)N(COCC[Si](C)(C)C)C(=O)C3(F)F)cc2ncn(C3CC3)c12)[C@H]1CNC(=O)C1. The highest BCUT2D eigenvalue weighted by atomic mass is 28.3. The van der Waals surface area contributed by atoms with Crippen LogP contribution in [0, 0.1) is 5.92 Å². The van der Waals surface area contributed by atoms with Crippen molar-refractivity contribution < 1.29 is 27.8 Å². The molecule has 2 fully saturated rings. The maximum Gasteiger partial charge on any atom is 0.352 e. The monoisotopic (exact) mass is 583 g/mol. The molecule has 1 aromatic carbocycles. The van der Waals surface area contributed by atoms with Crippen molar-refractivity contribution in [2.24, 2.45) is 5.92 Å². The molecule has 2 aliphatic heterocycles. The van der Waals surface area contributed by atoms with Crippen LogP contribution in [0.1, 0.15) is 37.8 Å². The number of amides is 2. The number of carbonyl (C=O) groups excluding carboxylic acids is 2. The lowest BCUT2D eigenvalue weighted by atomic mass is 10.0. The molecular weight excluding hydrogens is 548 g/mol. The minimum absolute atomic E-state index is 0.00108. The molecule has 2 aromatic heterocycles. The summed E-state index contributed by atoms with van der Waals surface area (Å²) in [7, 11) is -1.38. The lowest BCUT2D eigenvalue weighted by Crippen LogP contribution is -2.36. The predicted octanol–water partition coefficient (Wildman–Crippen LogP) is 5.09. The number of nitrogens with zero attached hydrogens (tertiary/aromatic N) is 4.